The third-order valence-electron chi connectivity index (χ3n) is 2.72. The lowest BCUT2D eigenvalue weighted by molar-refractivity contribution is -0.123. The Balaban J connectivity index is 1.85. The van der Waals surface area contributed by atoms with E-state index in [4.69, 9.17) is 10.5 Å². The number of hydrazine groups is 1. The Labute approximate surface area is 105 Å². The Kier molecular flexibility index (Phi) is 4.08. The summed E-state index contributed by atoms with van der Waals surface area (Å²) >= 11 is 0. The molecule has 2 atom stereocenters. The van der Waals surface area contributed by atoms with Crippen molar-refractivity contribution < 1.29 is 9.53 Å². The summed E-state index contributed by atoms with van der Waals surface area (Å²) in [5.41, 5.74) is 12.2. The fourth-order valence-corrected chi connectivity index (χ4v) is 1.74. The summed E-state index contributed by atoms with van der Waals surface area (Å²) < 4.78 is 5.01. The molecule has 0 spiro atoms. The number of methoxy groups -OCH3 is 1. The number of pyridine rings is 1. The van der Waals surface area contributed by atoms with Gasteiger partial charge >= 0.3 is 0 Å². The molecule has 7 nitrogen and oxygen atoms in total. The van der Waals surface area contributed by atoms with Crippen LogP contribution in [-0.4, -0.2) is 30.2 Å². The number of carbonyl (C=O) groups is 1. The predicted molar refractivity (Wildman–Crippen MR) is 65.3 cm³/mol. The average Bonchev–Trinajstić information content (AvgIpc) is 2.83. The zero-order chi connectivity index (χ0) is 13.0. The van der Waals surface area contributed by atoms with Crippen molar-refractivity contribution >= 4 is 5.91 Å². The van der Waals surface area contributed by atoms with Gasteiger partial charge in [-0.15, -0.1) is 0 Å². The highest BCUT2D eigenvalue weighted by atomic mass is 16.5. The molecule has 2 heterocycles. The van der Waals surface area contributed by atoms with Gasteiger partial charge < -0.3 is 15.8 Å². The molecule has 98 valence electrons. The van der Waals surface area contributed by atoms with Crippen molar-refractivity contribution in [1.82, 2.24) is 21.2 Å². The Morgan fingerprint density at radius 2 is 2.50 bits per heavy atom. The summed E-state index contributed by atoms with van der Waals surface area (Å²) in [4.78, 5) is 15.8. The van der Waals surface area contributed by atoms with Gasteiger partial charge in [0.1, 0.15) is 6.04 Å². The van der Waals surface area contributed by atoms with E-state index in [2.05, 4.69) is 21.2 Å². The van der Waals surface area contributed by atoms with Gasteiger partial charge in [-0.3, -0.25) is 4.79 Å². The summed E-state index contributed by atoms with van der Waals surface area (Å²) in [5, 5.41) is 2.83. The molecule has 0 bridgehead atoms. The van der Waals surface area contributed by atoms with Gasteiger partial charge in [0, 0.05) is 25.2 Å². The number of rotatable bonds is 4. The lowest BCUT2D eigenvalue weighted by Crippen LogP contribution is -2.43. The lowest BCUT2D eigenvalue weighted by atomic mass is 10.2. The molecule has 0 aliphatic carbocycles. The SMILES string of the molecule is COc1cc(CNC(=O)C2CC(N)NN2)ccn1. The smallest absolute Gasteiger partial charge is 0.238 e. The number of amides is 1. The van der Waals surface area contributed by atoms with Crippen LogP contribution >= 0.6 is 0 Å². The molecule has 1 fully saturated rings. The van der Waals surface area contributed by atoms with E-state index < -0.39 is 0 Å². The first-order valence-corrected chi connectivity index (χ1v) is 5.72. The second-order valence-electron chi connectivity index (χ2n) is 4.11. The number of nitrogens with zero attached hydrogens (tertiary/aromatic N) is 1. The third-order valence-corrected chi connectivity index (χ3v) is 2.72. The quantitative estimate of drug-likeness (QED) is 0.539. The maximum Gasteiger partial charge on any atom is 0.238 e. The van der Waals surface area contributed by atoms with Crippen LogP contribution in [0.15, 0.2) is 18.3 Å². The molecule has 1 amide bonds. The number of ether oxygens (including phenoxy) is 1. The summed E-state index contributed by atoms with van der Waals surface area (Å²) in [6.45, 7) is 0.436. The second kappa shape index (κ2) is 5.76. The molecular weight excluding hydrogens is 234 g/mol. The van der Waals surface area contributed by atoms with Crippen LogP contribution in [0.5, 0.6) is 5.88 Å². The predicted octanol–water partition coefficient (Wildman–Crippen LogP) is -1.14. The fraction of sp³-hybridized carbons (Fsp3) is 0.455. The van der Waals surface area contributed by atoms with E-state index in [1.54, 1.807) is 19.4 Å². The Morgan fingerprint density at radius 1 is 1.67 bits per heavy atom. The normalized spacial score (nSPS) is 22.8. The molecule has 1 saturated heterocycles. The van der Waals surface area contributed by atoms with Crippen molar-refractivity contribution in [3.05, 3.63) is 23.9 Å². The molecule has 2 unspecified atom stereocenters. The van der Waals surface area contributed by atoms with Gasteiger partial charge in [-0.05, 0) is 11.6 Å². The first-order chi connectivity index (χ1) is 8.69. The van der Waals surface area contributed by atoms with E-state index in [1.165, 1.54) is 0 Å². The molecule has 0 radical (unpaired) electrons. The van der Waals surface area contributed by atoms with E-state index >= 15 is 0 Å². The fourth-order valence-electron chi connectivity index (χ4n) is 1.74. The van der Waals surface area contributed by atoms with E-state index in [0.717, 1.165) is 5.56 Å². The molecule has 0 aromatic carbocycles. The number of aromatic nitrogens is 1. The highest BCUT2D eigenvalue weighted by Gasteiger charge is 2.26. The number of nitrogens with two attached hydrogens (primary N) is 1. The molecule has 2 rings (SSSR count). The molecule has 18 heavy (non-hydrogen) atoms. The number of nitrogens with one attached hydrogen (secondary N) is 3. The van der Waals surface area contributed by atoms with Gasteiger partial charge in [-0.1, -0.05) is 0 Å². The summed E-state index contributed by atoms with van der Waals surface area (Å²) in [7, 11) is 1.56. The van der Waals surface area contributed by atoms with Crippen LogP contribution in [-0.2, 0) is 11.3 Å². The van der Waals surface area contributed by atoms with Gasteiger partial charge in [-0.25, -0.2) is 15.8 Å². The minimum absolute atomic E-state index is 0.0776. The van der Waals surface area contributed by atoms with Crippen LogP contribution in [0.3, 0.4) is 0 Å². The maximum atomic E-state index is 11.8. The molecule has 1 aliphatic heterocycles. The van der Waals surface area contributed by atoms with Crippen LogP contribution in [0.1, 0.15) is 12.0 Å². The van der Waals surface area contributed by atoms with E-state index in [9.17, 15) is 4.79 Å². The summed E-state index contributed by atoms with van der Waals surface area (Å²) in [5.74, 6) is 0.454. The Morgan fingerprint density at radius 3 is 3.17 bits per heavy atom. The zero-order valence-corrected chi connectivity index (χ0v) is 10.1. The van der Waals surface area contributed by atoms with Crippen LogP contribution in [0, 0.1) is 0 Å². The first kappa shape index (κ1) is 12.7. The van der Waals surface area contributed by atoms with Gasteiger partial charge in [-0.2, -0.15) is 0 Å². The van der Waals surface area contributed by atoms with Crippen LogP contribution < -0.4 is 26.6 Å². The van der Waals surface area contributed by atoms with Crippen LogP contribution in [0.4, 0.5) is 0 Å². The minimum Gasteiger partial charge on any atom is -0.481 e. The van der Waals surface area contributed by atoms with Crippen molar-refractivity contribution in [2.45, 2.75) is 25.2 Å². The van der Waals surface area contributed by atoms with E-state index in [1.807, 2.05) is 6.07 Å². The number of hydrogen-bond acceptors (Lipinski definition) is 6. The van der Waals surface area contributed by atoms with Crippen molar-refractivity contribution in [2.24, 2.45) is 5.73 Å². The van der Waals surface area contributed by atoms with E-state index in [-0.39, 0.29) is 18.1 Å². The topological polar surface area (TPSA) is 101 Å². The van der Waals surface area contributed by atoms with Crippen LogP contribution in [0.2, 0.25) is 0 Å². The molecule has 7 heteroatoms. The number of carbonyl (C=O) groups excluding carboxylic acids is 1. The highest BCUT2D eigenvalue weighted by Crippen LogP contribution is 2.08. The zero-order valence-electron chi connectivity index (χ0n) is 10.1. The molecule has 1 aliphatic rings. The van der Waals surface area contributed by atoms with E-state index in [0.29, 0.717) is 18.8 Å². The van der Waals surface area contributed by atoms with Crippen LogP contribution in [0.25, 0.3) is 0 Å². The number of hydrogen-bond donors (Lipinski definition) is 4. The van der Waals surface area contributed by atoms with Crippen molar-refractivity contribution in [3.8, 4) is 5.88 Å². The molecule has 1 aromatic heterocycles. The standard InChI is InChI=1S/C11H17N5O2/c1-18-10-4-7(2-3-13-10)6-14-11(17)8-5-9(12)16-15-8/h2-4,8-9,15-16H,5-6,12H2,1H3,(H,14,17). The third kappa shape index (κ3) is 3.16. The van der Waals surface area contributed by atoms with Gasteiger partial charge in [0.05, 0.1) is 13.3 Å². The maximum absolute atomic E-state index is 11.8. The van der Waals surface area contributed by atoms with Gasteiger partial charge in [0.2, 0.25) is 11.8 Å². The average molecular weight is 251 g/mol. The molecule has 5 N–H and O–H groups in total. The molecular formula is C11H17N5O2. The monoisotopic (exact) mass is 251 g/mol. The minimum atomic E-state index is -0.288. The molecule has 1 aromatic rings. The van der Waals surface area contributed by atoms with Crippen molar-refractivity contribution in [1.29, 1.82) is 0 Å². The van der Waals surface area contributed by atoms with Crippen molar-refractivity contribution in [2.75, 3.05) is 7.11 Å². The van der Waals surface area contributed by atoms with Crippen molar-refractivity contribution in [3.63, 3.8) is 0 Å². The Hall–Kier alpha value is -1.70. The second-order valence-corrected chi connectivity index (χ2v) is 4.11. The first-order valence-electron chi connectivity index (χ1n) is 5.72. The molecule has 0 saturated carbocycles. The highest BCUT2D eigenvalue weighted by molar-refractivity contribution is 5.81. The summed E-state index contributed by atoms with van der Waals surface area (Å²) in [6, 6.07) is 3.32. The Bertz CT molecular complexity index is 426. The summed E-state index contributed by atoms with van der Waals surface area (Å²) in [6.07, 6.45) is 2.04. The largest absolute Gasteiger partial charge is 0.481 e. The lowest BCUT2D eigenvalue weighted by Gasteiger charge is -2.10. The van der Waals surface area contributed by atoms with Gasteiger partial charge in [0.25, 0.3) is 0 Å². The van der Waals surface area contributed by atoms with Gasteiger partial charge in [0.15, 0.2) is 0 Å².